The summed E-state index contributed by atoms with van der Waals surface area (Å²) in [6, 6.07) is 18.6. The van der Waals surface area contributed by atoms with Crippen LogP contribution < -0.4 is 11.1 Å². The molecule has 0 unspecified atom stereocenters. The number of amides is 1. The number of nitrogens with two attached hydrogens (primary N) is 1. The van der Waals surface area contributed by atoms with Crippen molar-refractivity contribution in [3.8, 4) is 0 Å². The van der Waals surface area contributed by atoms with Gasteiger partial charge in [0.15, 0.2) is 0 Å². The molecule has 1 amide bonds. The highest BCUT2D eigenvalue weighted by Gasteiger charge is 2.31. The first-order valence-corrected chi connectivity index (χ1v) is 8.91. The molecule has 26 heavy (non-hydrogen) atoms. The molecule has 3 nitrogen and oxygen atoms in total. The molecule has 4 rings (SSSR count). The van der Waals surface area contributed by atoms with Crippen molar-refractivity contribution in [3.05, 3.63) is 83.2 Å². The van der Waals surface area contributed by atoms with Crippen molar-refractivity contribution in [2.45, 2.75) is 31.3 Å². The van der Waals surface area contributed by atoms with Gasteiger partial charge in [-0.05, 0) is 71.0 Å². The van der Waals surface area contributed by atoms with Crippen LogP contribution >= 0.6 is 0 Å². The summed E-state index contributed by atoms with van der Waals surface area (Å²) in [5.74, 6) is 0.136. The standard InChI is InChI=1S/C22H21FN2O/c23-20-7-5-15(6-8-20)19-11-21(12-19)25-22(26)18-4-3-16-9-14(13-24)1-2-17(16)10-18/h1-10,19,21H,11-13,24H2,(H,25,26). The predicted molar refractivity (Wildman–Crippen MR) is 101 cm³/mol. The number of fused-ring (bicyclic) bond motifs is 1. The third-order valence-electron chi connectivity index (χ3n) is 5.22. The molecular weight excluding hydrogens is 327 g/mol. The molecule has 4 heteroatoms. The van der Waals surface area contributed by atoms with E-state index in [2.05, 4.69) is 11.4 Å². The van der Waals surface area contributed by atoms with Crippen molar-refractivity contribution in [2.24, 2.45) is 5.73 Å². The average Bonchev–Trinajstić information content (AvgIpc) is 2.64. The van der Waals surface area contributed by atoms with Gasteiger partial charge >= 0.3 is 0 Å². The maximum Gasteiger partial charge on any atom is 0.251 e. The first-order valence-electron chi connectivity index (χ1n) is 8.91. The number of halogens is 1. The number of carbonyl (C=O) groups excluding carboxylic acids is 1. The molecule has 0 aliphatic heterocycles. The Morgan fingerprint density at radius 1 is 1.00 bits per heavy atom. The van der Waals surface area contributed by atoms with Gasteiger partial charge in [-0.15, -0.1) is 0 Å². The summed E-state index contributed by atoms with van der Waals surface area (Å²) in [6.45, 7) is 0.509. The minimum atomic E-state index is -0.215. The van der Waals surface area contributed by atoms with Crippen LogP contribution in [0.4, 0.5) is 4.39 Å². The minimum Gasteiger partial charge on any atom is -0.349 e. The first kappa shape index (κ1) is 16.7. The smallest absolute Gasteiger partial charge is 0.251 e. The second kappa shape index (κ2) is 6.89. The topological polar surface area (TPSA) is 55.1 Å². The number of rotatable bonds is 4. The van der Waals surface area contributed by atoms with Gasteiger partial charge in [-0.1, -0.05) is 30.3 Å². The van der Waals surface area contributed by atoms with Gasteiger partial charge in [0, 0.05) is 18.2 Å². The van der Waals surface area contributed by atoms with Gasteiger partial charge in [-0.3, -0.25) is 4.79 Å². The summed E-state index contributed by atoms with van der Waals surface area (Å²) in [6.07, 6.45) is 1.79. The molecule has 1 saturated carbocycles. The van der Waals surface area contributed by atoms with Crippen LogP contribution in [0.2, 0.25) is 0 Å². The molecule has 0 spiro atoms. The lowest BCUT2D eigenvalue weighted by atomic mass is 9.76. The summed E-state index contributed by atoms with van der Waals surface area (Å²) >= 11 is 0. The maximum atomic E-state index is 13.0. The highest BCUT2D eigenvalue weighted by molar-refractivity contribution is 5.98. The van der Waals surface area contributed by atoms with E-state index in [1.54, 1.807) is 0 Å². The highest BCUT2D eigenvalue weighted by Crippen LogP contribution is 2.37. The second-order valence-electron chi connectivity index (χ2n) is 6.99. The Bertz CT molecular complexity index is 946. The van der Waals surface area contributed by atoms with Gasteiger partial charge < -0.3 is 11.1 Å². The lowest BCUT2D eigenvalue weighted by Crippen LogP contribution is -2.43. The van der Waals surface area contributed by atoms with Gasteiger partial charge in [0.1, 0.15) is 5.82 Å². The zero-order chi connectivity index (χ0) is 18.1. The summed E-state index contributed by atoms with van der Waals surface area (Å²) in [5.41, 5.74) is 8.56. The van der Waals surface area contributed by atoms with Gasteiger partial charge in [0.25, 0.3) is 5.91 Å². The molecule has 0 saturated heterocycles. The molecule has 3 N–H and O–H groups in total. The largest absolute Gasteiger partial charge is 0.349 e. The molecule has 0 heterocycles. The van der Waals surface area contributed by atoms with E-state index < -0.39 is 0 Å². The number of hydrogen-bond acceptors (Lipinski definition) is 2. The van der Waals surface area contributed by atoms with Crippen LogP contribution in [0.15, 0.2) is 60.7 Å². The lowest BCUT2D eigenvalue weighted by molar-refractivity contribution is 0.0909. The number of nitrogens with one attached hydrogen (secondary N) is 1. The zero-order valence-corrected chi connectivity index (χ0v) is 14.4. The van der Waals surface area contributed by atoms with Gasteiger partial charge in [0.2, 0.25) is 0 Å². The molecule has 0 atom stereocenters. The predicted octanol–water partition coefficient (Wildman–Crippen LogP) is 4.11. The fraction of sp³-hybridized carbons (Fsp3) is 0.227. The normalized spacial score (nSPS) is 19.2. The third-order valence-corrected chi connectivity index (χ3v) is 5.22. The van der Waals surface area contributed by atoms with Crippen LogP contribution in [0.5, 0.6) is 0 Å². The van der Waals surface area contributed by atoms with E-state index >= 15 is 0 Å². The molecule has 0 radical (unpaired) electrons. The second-order valence-corrected chi connectivity index (χ2v) is 6.99. The summed E-state index contributed by atoms with van der Waals surface area (Å²) in [5, 5.41) is 5.22. The monoisotopic (exact) mass is 348 g/mol. The fourth-order valence-corrected chi connectivity index (χ4v) is 3.57. The Morgan fingerprint density at radius 2 is 1.69 bits per heavy atom. The Balaban J connectivity index is 1.39. The van der Waals surface area contributed by atoms with Crippen LogP contribution in [-0.2, 0) is 6.54 Å². The highest BCUT2D eigenvalue weighted by atomic mass is 19.1. The van der Waals surface area contributed by atoms with Crippen molar-refractivity contribution in [1.29, 1.82) is 0 Å². The molecule has 1 aliphatic rings. The van der Waals surface area contributed by atoms with Crippen LogP contribution in [0.3, 0.4) is 0 Å². The number of hydrogen-bond donors (Lipinski definition) is 2. The first-order chi connectivity index (χ1) is 12.6. The summed E-state index contributed by atoms with van der Waals surface area (Å²) < 4.78 is 13.0. The van der Waals surface area contributed by atoms with E-state index in [4.69, 9.17) is 5.73 Å². The molecule has 132 valence electrons. The Kier molecular flexibility index (Phi) is 4.43. The van der Waals surface area contributed by atoms with Crippen molar-refractivity contribution in [2.75, 3.05) is 0 Å². The van der Waals surface area contributed by atoms with Gasteiger partial charge in [-0.2, -0.15) is 0 Å². The molecule has 3 aromatic carbocycles. The van der Waals surface area contributed by atoms with Crippen molar-refractivity contribution in [1.82, 2.24) is 5.32 Å². The van der Waals surface area contributed by atoms with Crippen LogP contribution in [0.1, 0.15) is 40.2 Å². The quantitative estimate of drug-likeness (QED) is 0.745. The third kappa shape index (κ3) is 3.33. The molecule has 0 aromatic heterocycles. The molecular formula is C22H21FN2O. The zero-order valence-electron chi connectivity index (χ0n) is 14.4. The number of benzene rings is 3. The molecule has 3 aromatic rings. The Morgan fingerprint density at radius 3 is 2.42 bits per heavy atom. The molecule has 0 bridgehead atoms. The Hall–Kier alpha value is -2.72. The van der Waals surface area contributed by atoms with Crippen LogP contribution in [0.25, 0.3) is 10.8 Å². The Labute approximate surface area is 152 Å². The van der Waals surface area contributed by atoms with Crippen molar-refractivity contribution < 1.29 is 9.18 Å². The number of carbonyl (C=O) groups is 1. The van der Waals surface area contributed by atoms with E-state index in [1.807, 2.05) is 42.5 Å². The van der Waals surface area contributed by atoms with E-state index in [-0.39, 0.29) is 17.8 Å². The maximum absolute atomic E-state index is 13.0. The van der Waals surface area contributed by atoms with E-state index in [0.717, 1.165) is 34.7 Å². The average molecular weight is 348 g/mol. The van der Waals surface area contributed by atoms with Crippen molar-refractivity contribution >= 4 is 16.7 Å². The van der Waals surface area contributed by atoms with Gasteiger partial charge in [-0.25, -0.2) is 4.39 Å². The SMILES string of the molecule is NCc1ccc2cc(C(=O)NC3CC(c4ccc(F)cc4)C3)ccc2c1. The molecule has 1 fully saturated rings. The van der Waals surface area contributed by atoms with E-state index in [0.29, 0.717) is 18.0 Å². The van der Waals surface area contributed by atoms with E-state index in [9.17, 15) is 9.18 Å². The van der Waals surface area contributed by atoms with Crippen molar-refractivity contribution in [3.63, 3.8) is 0 Å². The van der Waals surface area contributed by atoms with Crippen LogP contribution in [-0.4, -0.2) is 11.9 Å². The minimum absolute atomic E-state index is 0.0441. The summed E-state index contributed by atoms with van der Waals surface area (Å²) in [4.78, 5) is 12.5. The van der Waals surface area contributed by atoms with Crippen LogP contribution in [0, 0.1) is 5.82 Å². The summed E-state index contributed by atoms with van der Waals surface area (Å²) in [7, 11) is 0. The van der Waals surface area contributed by atoms with E-state index in [1.165, 1.54) is 12.1 Å². The lowest BCUT2D eigenvalue weighted by Gasteiger charge is -2.36. The van der Waals surface area contributed by atoms with Gasteiger partial charge in [0.05, 0.1) is 0 Å². The fourth-order valence-electron chi connectivity index (χ4n) is 3.57. The molecule has 1 aliphatic carbocycles.